The van der Waals surface area contributed by atoms with Crippen molar-refractivity contribution in [1.82, 2.24) is 0 Å². The van der Waals surface area contributed by atoms with Crippen molar-refractivity contribution in [3.63, 3.8) is 0 Å². The summed E-state index contributed by atoms with van der Waals surface area (Å²) < 4.78 is 4.22. The third-order valence-electron chi connectivity index (χ3n) is 0.656. The molecule has 56 valence electrons. The van der Waals surface area contributed by atoms with Crippen LogP contribution in [0.5, 0.6) is 0 Å². The zero-order valence-electron chi connectivity index (χ0n) is 6.26. The molecule has 0 aliphatic heterocycles. The Morgan fingerprint density at radius 1 is 1.60 bits per heavy atom. The van der Waals surface area contributed by atoms with Gasteiger partial charge in [0.15, 0.2) is 0 Å². The molecule has 0 aliphatic carbocycles. The first-order valence-electron chi connectivity index (χ1n) is 2.79. The van der Waals surface area contributed by atoms with Crippen molar-refractivity contribution in [3.8, 4) is 11.8 Å². The number of rotatable bonds is 0. The predicted molar refractivity (Wildman–Crippen MR) is 36.1 cm³/mol. The molecule has 0 saturated heterocycles. The molecule has 0 saturated carbocycles. The molecule has 0 heterocycles. The normalized spacial score (nSPS) is 9.60. The number of methoxy groups -OCH3 is 1. The zero-order chi connectivity index (χ0) is 8.20. The van der Waals surface area contributed by atoms with Crippen LogP contribution in [-0.4, -0.2) is 23.8 Å². The van der Waals surface area contributed by atoms with E-state index in [0.717, 1.165) is 0 Å². The SMILES string of the molecule is COC(=O)C#CC(C)(C)O. The van der Waals surface area contributed by atoms with Gasteiger partial charge in [-0.05, 0) is 13.8 Å². The van der Waals surface area contributed by atoms with E-state index in [0.29, 0.717) is 0 Å². The summed E-state index contributed by atoms with van der Waals surface area (Å²) in [7, 11) is 1.24. The molecule has 0 aromatic heterocycles. The second-order valence-corrected chi connectivity index (χ2v) is 2.30. The van der Waals surface area contributed by atoms with E-state index < -0.39 is 11.6 Å². The zero-order valence-corrected chi connectivity index (χ0v) is 6.26. The van der Waals surface area contributed by atoms with Crippen molar-refractivity contribution in [2.45, 2.75) is 19.4 Å². The first-order chi connectivity index (χ1) is 4.45. The van der Waals surface area contributed by atoms with Crippen LogP contribution in [0.15, 0.2) is 0 Å². The maximum Gasteiger partial charge on any atom is 0.384 e. The maximum absolute atomic E-state index is 10.4. The molecule has 0 bridgehead atoms. The molecule has 0 unspecified atom stereocenters. The Hall–Kier alpha value is -1.01. The highest BCUT2D eigenvalue weighted by atomic mass is 16.5. The summed E-state index contributed by atoms with van der Waals surface area (Å²) in [6.07, 6.45) is 0. The molecule has 10 heavy (non-hydrogen) atoms. The molecule has 0 amide bonds. The van der Waals surface area contributed by atoms with Crippen LogP contribution in [0.3, 0.4) is 0 Å². The fraction of sp³-hybridized carbons (Fsp3) is 0.571. The third-order valence-corrected chi connectivity index (χ3v) is 0.656. The molecule has 0 radical (unpaired) electrons. The highest BCUT2D eigenvalue weighted by Crippen LogP contribution is 1.95. The van der Waals surface area contributed by atoms with Gasteiger partial charge in [-0.2, -0.15) is 0 Å². The van der Waals surface area contributed by atoms with Gasteiger partial charge < -0.3 is 9.84 Å². The van der Waals surface area contributed by atoms with E-state index in [4.69, 9.17) is 5.11 Å². The average molecular weight is 142 g/mol. The van der Waals surface area contributed by atoms with Gasteiger partial charge in [-0.3, -0.25) is 0 Å². The van der Waals surface area contributed by atoms with E-state index in [1.54, 1.807) is 0 Å². The Morgan fingerprint density at radius 2 is 2.10 bits per heavy atom. The number of hydrogen-bond donors (Lipinski definition) is 1. The number of carbonyl (C=O) groups excluding carboxylic acids is 1. The summed E-state index contributed by atoms with van der Waals surface area (Å²) in [5.41, 5.74) is -1.13. The summed E-state index contributed by atoms with van der Waals surface area (Å²) in [6.45, 7) is 2.98. The van der Waals surface area contributed by atoms with Crippen molar-refractivity contribution >= 4 is 5.97 Å². The molecule has 0 atom stereocenters. The van der Waals surface area contributed by atoms with Crippen molar-refractivity contribution in [1.29, 1.82) is 0 Å². The molecule has 0 aromatic rings. The highest BCUT2D eigenvalue weighted by Gasteiger charge is 2.06. The molecule has 0 rings (SSSR count). The fourth-order valence-corrected chi connectivity index (χ4v) is 0.255. The van der Waals surface area contributed by atoms with Crippen molar-refractivity contribution in [2.24, 2.45) is 0 Å². The van der Waals surface area contributed by atoms with E-state index in [1.165, 1.54) is 21.0 Å². The lowest BCUT2D eigenvalue weighted by Crippen LogP contribution is -2.15. The highest BCUT2D eigenvalue weighted by molar-refractivity contribution is 5.88. The largest absolute Gasteiger partial charge is 0.459 e. The molecule has 0 fully saturated rings. The van der Waals surface area contributed by atoms with Crippen LogP contribution >= 0.6 is 0 Å². The number of ether oxygens (including phenoxy) is 1. The van der Waals surface area contributed by atoms with E-state index in [1.807, 2.05) is 0 Å². The minimum absolute atomic E-state index is 0.637. The van der Waals surface area contributed by atoms with Crippen LogP contribution in [0.2, 0.25) is 0 Å². The number of esters is 1. The Kier molecular flexibility index (Phi) is 2.91. The van der Waals surface area contributed by atoms with Crippen molar-refractivity contribution in [2.75, 3.05) is 7.11 Å². The van der Waals surface area contributed by atoms with Crippen LogP contribution in [0.1, 0.15) is 13.8 Å². The van der Waals surface area contributed by atoms with Crippen molar-refractivity contribution in [3.05, 3.63) is 0 Å². The molecule has 0 aliphatic rings. The fourth-order valence-electron chi connectivity index (χ4n) is 0.255. The summed E-state index contributed by atoms with van der Waals surface area (Å²) in [5.74, 6) is 3.78. The first kappa shape index (κ1) is 8.99. The van der Waals surface area contributed by atoms with Crippen LogP contribution in [0.4, 0.5) is 0 Å². The monoisotopic (exact) mass is 142 g/mol. The Bertz CT molecular complexity index is 177. The van der Waals surface area contributed by atoms with Gasteiger partial charge in [0, 0.05) is 5.92 Å². The third kappa shape index (κ3) is 5.13. The lowest BCUT2D eigenvalue weighted by atomic mass is 10.1. The minimum atomic E-state index is -1.13. The lowest BCUT2D eigenvalue weighted by molar-refractivity contribution is -0.133. The summed E-state index contributed by atoms with van der Waals surface area (Å²) >= 11 is 0. The van der Waals surface area contributed by atoms with Crippen molar-refractivity contribution < 1.29 is 14.6 Å². The van der Waals surface area contributed by atoms with Gasteiger partial charge in [-0.25, -0.2) is 4.79 Å². The summed E-state index contributed by atoms with van der Waals surface area (Å²) in [5, 5.41) is 8.98. The Balaban J connectivity index is 4.05. The Labute approximate surface area is 60.0 Å². The van der Waals surface area contributed by atoms with Crippen LogP contribution in [-0.2, 0) is 9.53 Å². The lowest BCUT2D eigenvalue weighted by Gasteiger charge is -2.05. The van der Waals surface area contributed by atoms with E-state index >= 15 is 0 Å². The Morgan fingerprint density at radius 3 is 2.40 bits per heavy atom. The van der Waals surface area contributed by atoms with Gasteiger partial charge in [0.1, 0.15) is 5.60 Å². The average Bonchev–Trinajstić information content (AvgIpc) is 1.81. The molecule has 0 spiro atoms. The molecule has 3 heteroatoms. The quantitative estimate of drug-likeness (QED) is 0.292. The number of aliphatic hydroxyl groups is 1. The summed E-state index contributed by atoms with van der Waals surface area (Å²) in [6, 6.07) is 0. The standard InChI is InChI=1S/C7H10O3/c1-7(2,9)5-4-6(8)10-3/h9H,1-3H3. The van der Waals surface area contributed by atoms with E-state index in [-0.39, 0.29) is 0 Å². The molecule has 1 N–H and O–H groups in total. The molecular formula is C7H10O3. The first-order valence-corrected chi connectivity index (χ1v) is 2.79. The predicted octanol–water partition coefficient (Wildman–Crippen LogP) is -0.0663. The topological polar surface area (TPSA) is 46.5 Å². The second kappa shape index (κ2) is 3.23. The van der Waals surface area contributed by atoms with Gasteiger partial charge >= 0.3 is 5.97 Å². The molecule has 3 nitrogen and oxygen atoms in total. The van der Waals surface area contributed by atoms with E-state index in [9.17, 15) is 4.79 Å². The van der Waals surface area contributed by atoms with Gasteiger partial charge in [0.05, 0.1) is 7.11 Å². The van der Waals surface area contributed by atoms with Crippen LogP contribution in [0.25, 0.3) is 0 Å². The van der Waals surface area contributed by atoms with Crippen LogP contribution < -0.4 is 0 Å². The minimum Gasteiger partial charge on any atom is -0.459 e. The van der Waals surface area contributed by atoms with Gasteiger partial charge in [0.25, 0.3) is 0 Å². The number of hydrogen-bond acceptors (Lipinski definition) is 3. The van der Waals surface area contributed by atoms with Gasteiger partial charge in [-0.15, -0.1) is 0 Å². The summed E-state index contributed by atoms with van der Waals surface area (Å²) in [4.78, 5) is 10.4. The van der Waals surface area contributed by atoms with Gasteiger partial charge in [-0.1, -0.05) is 5.92 Å². The smallest absolute Gasteiger partial charge is 0.384 e. The maximum atomic E-state index is 10.4. The second-order valence-electron chi connectivity index (χ2n) is 2.30. The van der Waals surface area contributed by atoms with Crippen LogP contribution in [0, 0.1) is 11.8 Å². The number of carbonyl (C=O) groups is 1. The van der Waals surface area contributed by atoms with E-state index in [2.05, 4.69) is 16.6 Å². The molecule has 0 aromatic carbocycles. The van der Waals surface area contributed by atoms with Gasteiger partial charge in [0.2, 0.25) is 0 Å². The molecular weight excluding hydrogens is 132 g/mol.